The van der Waals surface area contributed by atoms with Gasteiger partial charge in [-0.1, -0.05) is 52.0 Å². The molecule has 1 aliphatic rings. The van der Waals surface area contributed by atoms with Crippen molar-refractivity contribution in [3.8, 4) is 22.4 Å². The topological polar surface area (TPSA) is 42.1 Å². The summed E-state index contributed by atoms with van der Waals surface area (Å²) in [7, 11) is 1.40. The molecule has 0 fully saturated rings. The Morgan fingerprint density at radius 2 is 1.45 bits per heavy atom. The van der Waals surface area contributed by atoms with E-state index in [2.05, 4.69) is 56.9 Å². The number of aromatic nitrogens is 1. The number of benzene rings is 2. The van der Waals surface area contributed by atoms with Crippen molar-refractivity contribution in [3.05, 3.63) is 71.4 Å². The summed E-state index contributed by atoms with van der Waals surface area (Å²) in [5, 5.41) is 0. The van der Waals surface area contributed by atoms with Crippen molar-refractivity contribution in [2.75, 3.05) is 7.11 Å². The number of carbonyl (C=O) groups excluding carboxylic acids is 1. The molecule has 3 aromatic rings. The molecule has 150 valence electrons. The van der Waals surface area contributed by atoms with Crippen LogP contribution in [0.1, 0.15) is 62.0 Å². The lowest BCUT2D eigenvalue weighted by atomic mass is 9.63. The lowest BCUT2D eigenvalue weighted by Crippen LogP contribution is -2.33. The van der Waals surface area contributed by atoms with Gasteiger partial charge in [0, 0.05) is 11.9 Å². The lowest BCUT2D eigenvalue weighted by Gasteiger charge is -2.42. The summed E-state index contributed by atoms with van der Waals surface area (Å²) < 4.78 is 4.78. The fourth-order valence-corrected chi connectivity index (χ4v) is 4.40. The van der Waals surface area contributed by atoms with E-state index in [1.807, 2.05) is 18.3 Å². The SMILES string of the molecule is COC(=O)c1ccc(-c2c[nH]c(-c3ccc4c(c3)C(C)(C)CCC4(C)C)c2)cc1. The first kappa shape index (κ1) is 19.5. The highest BCUT2D eigenvalue weighted by Gasteiger charge is 2.37. The highest BCUT2D eigenvalue weighted by Crippen LogP contribution is 2.46. The molecule has 1 N–H and O–H groups in total. The lowest BCUT2D eigenvalue weighted by molar-refractivity contribution is 0.0601. The van der Waals surface area contributed by atoms with Crippen LogP contribution < -0.4 is 0 Å². The third-order valence-corrected chi connectivity index (χ3v) is 6.49. The van der Waals surface area contributed by atoms with Crippen LogP contribution >= 0.6 is 0 Å². The Kier molecular flexibility index (Phi) is 4.65. The predicted octanol–water partition coefficient (Wildman–Crippen LogP) is 6.48. The number of nitrogens with one attached hydrogen (secondary N) is 1. The van der Waals surface area contributed by atoms with Gasteiger partial charge in [0.15, 0.2) is 0 Å². The van der Waals surface area contributed by atoms with Crippen molar-refractivity contribution in [2.24, 2.45) is 0 Å². The number of ether oxygens (including phenoxy) is 1. The molecule has 1 aromatic heterocycles. The maximum atomic E-state index is 11.6. The fraction of sp³-hybridized carbons (Fsp3) is 0.346. The number of methoxy groups -OCH3 is 1. The van der Waals surface area contributed by atoms with E-state index in [0.717, 1.165) is 16.8 Å². The van der Waals surface area contributed by atoms with E-state index < -0.39 is 0 Å². The molecule has 3 nitrogen and oxygen atoms in total. The molecule has 2 aromatic carbocycles. The Hall–Kier alpha value is -2.81. The molecule has 0 saturated carbocycles. The number of hydrogen-bond acceptors (Lipinski definition) is 2. The van der Waals surface area contributed by atoms with Crippen molar-refractivity contribution in [1.82, 2.24) is 4.98 Å². The van der Waals surface area contributed by atoms with Crippen LogP contribution in [-0.2, 0) is 15.6 Å². The maximum Gasteiger partial charge on any atom is 0.337 e. The number of esters is 1. The summed E-state index contributed by atoms with van der Waals surface area (Å²) in [6.45, 7) is 9.42. The molecule has 3 heteroatoms. The van der Waals surface area contributed by atoms with Crippen LogP contribution in [0.15, 0.2) is 54.7 Å². The Morgan fingerprint density at radius 3 is 2.10 bits per heavy atom. The average molecular weight is 388 g/mol. The minimum Gasteiger partial charge on any atom is -0.465 e. The van der Waals surface area contributed by atoms with Crippen LogP contribution in [0.3, 0.4) is 0 Å². The second kappa shape index (κ2) is 6.91. The first-order chi connectivity index (χ1) is 13.7. The summed E-state index contributed by atoms with van der Waals surface area (Å²) in [5.74, 6) is -0.314. The van der Waals surface area contributed by atoms with Gasteiger partial charge in [-0.05, 0) is 75.8 Å². The molecule has 4 rings (SSSR count). The highest BCUT2D eigenvalue weighted by molar-refractivity contribution is 5.90. The molecule has 0 spiro atoms. The van der Waals surface area contributed by atoms with E-state index in [4.69, 9.17) is 4.74 Å². The summed E-state index contributed by atoms with van der Waals surface area (Å²) in [5.41, 5.74) is 8.42. The van der Waals surface area contributed by atoms with Gasteiger partial charge in [0.05, 0.1) is 12.7 Å². The fourth-order valence-electron chi connectivity index (χ4n) is 4.40. The largest absolute Gasteiger partial charge is 0.465 e. The smallest absolute Gasteiger partial charge is 0.337 e. The predicted molar refractivity (Wildman–Crippen MR) is 118 cm³/mol. The molecule has 0 radical (unpaired) electrons. The molecule has 1 heterocycles. The number of carbonyl (C=O) groups is 1. The molecular formula is C26H29NO2. The van der Waals surface area contributed by atoms with Gasteiger partial charge in [-0.2, -0.15) is 0 Å². The van der Waals surface area contributed by atoms with E-state index in [1.54, 1.807) is 12.1 Å². The summed E-state index contributed by atoms with van der Waals surface area (Å²) in [4.78, 5) is 15.1. The van der Waals surface area contributed by atoms with Gasteiger partial charge >= 0.3 is 5.97 Å². The van der Waals surface area contributed by atoms with Gasteiger partial charge in [-0.15, -0.1) is 0 Å². The van der Waals surface area contributed by atoms with Crippen LogP contribution in [0, 0.1) is 0 Å². The maximum absolute atomic E-state index is 11.6. The number of H-pyrrole nitrogens is 1. The molecule has 0 unspecified atom stereocenters. The normalized spacial score (nSPS) is 16.9. The van der Waals surface area contributed by atoms with Crippen molar-refractivity contribution >= 4 is 5.97 Å². The molecule has 0 bridgehead atoms. The van der Waals surface area contributed by atoms with Gasteiger partial charge in [-0.3, -0.25) is 0 Å². The Balaban J connectivity index is 1.68. The van der Waals surface area contributed by atoms with E-state index in [1.165, 1.54) is 36.6 Å². The van der Waals surface area contributed by atoms with Crippen LogP contribution in [0.5, 0.6) is 0 Å². The minimum atomic E-state index is -0.314. The Morgan fingerprint density at radius 1 is 0.828 bits per heavy atom. The summed E-state index contributed by atoms with van der Waals surface area (Å²) >= 11 is 0. The third kappa shape index (κ3) is 3.50. The zero-order chi connectivity index (χ0) is 20.8. The second-order valence-electron chi connectivity index (χ2n) is 9.40. The van der Waals surface area contributed by atoms with Gasteiger partial charge in [0.1, 0.15) is 0 Å². The number of hydrogen-bond donors (Lipinski definition) is 1. The standard InChI is InChI=1S/C26H29NO2/c1-25(2)12-13-26(3,4)22-14-19(10-11-21(22)25)23-15-20(16-27-23)17-6-8-18(9-7-17)24(28)29-5/h6-11,14-16,27H,12-13H2,1-5H3. The van der Waals surface area contributed by atoms with Crippen LogP contribution in [-0.4, -0.2) is 18.1 Å². The Labute approximate surface area is 173 Å². The van der Waals surface area contributed by atoms with E-state index >= 15 is 0 Å². The zero-order valence-electron chi connectivity index (χ0n) is 17.9. The summed E-state index contributed by atoms with van der Waals surface area (Å²) in [6.07, 6.45) is 4.45. The van der Waals surface area contributed by atoms with Crippen molar-refractivity contribution in [2.45, 2.75) is 51.4 Å². The molecule has 29 heavy (non-hydrogen) atoms. The van der Waals surface area contributed by atoms with Gasteiger partial charge in [0.2, 0.25) is 0 Å². The van der Waals surface area contributed by atoms with E-state index in [0.29, 0.717) is 5.56 Å². The van der Waals surface area contributed by atoms with Crippen LogP contribution in [0.25, 0.3) is 22.4 Å². The first-order valence-electron chi connectivity index (χ1n) is 10.2. The van der Waals surface area contributed by atoms with Gasteiger partial charge in [0.25, 0.3) is 0 Å². The van der Waals surface area contributed by atoms with Gasteiger partial charge in [-0.25, -0.2) is 4.79 Å². The summed E-state index contributed by atoms with van der Waals surface area (Å²) in [6, 6.07) is 16.6. The number of rotatable bonds is 3. The zero-order valence-corrected chi connectivity index (χ0v) is 17.9. The molecule has 0 aliphatic heterocycles. The van der Waals surface area contributed by atoms with Crippen LogP contribution in [0.2, 0.25) is 0 Å². The number of fused-ring (bicyclic) bond motifs is 1. The van der Waals surface area contributed by atoms with Crippen molar-refractivity contribution in [3.63, 3.8) is 0 Å². The van der Waals surface area contributed by atoms with Gasteiger partial charge < -0.3 is 9.72 Å². The quantitative estimate of drug-likeness (QED) is 0.522. The van der Waals surface area contributed by atoms with Crippen LogP contribution in [0.4, 0.5) is 0 Å². The first-order valence-corrected chi connectivity index (χ1v) is 10.2. The monoisotopic (exact) mass is 387 g/mol. The van der Waals surface area contributed by atoms with Crippen molar-refractivity contribution in [1.29, 1.82) is 0 Å². The second-order valence-corrected chi connectivity index (χ2v) is 9.40. The van der Waals surface area contributed by atoms with E-state index in [9.17, 15) is 4.79 Å². The molecule has 0 saturated heterocycles. The molecule has 0 atom stereocenters. The molecule has 0 amide bonds. The molecular weight excluding hydrogens is 358 g/mol. The third-order valence-electron chi connectivity index (χ3n) is 6.49. The van der Waals surface area contributed by atoms with Crippen molar-refractivity contribution < 1.29 is 9.53 Å². The molecule has 1 aliphatic carbocycles. The average Bonchev–Trinajstić information content (AvgIpc) is 3.21. The number of aromatic amines is 1. The Bertz CT molecular complexity index is 1050. The highest BCUT2D eigenvalue weighted by atomic mass is 16.5. The van der Waals surface area contributed by atoms with E-state index in [-0.39, 0.29) is 16.8 Å². The minimum absolute atomic E-state index is 0.194.